The molecule has 2 heterocycles. The molecule has 1 atom stereocenters. The molecular weight excluding hydrogens is 362 g/mol. The Hall–Kier alpha value is -2.24. The minimum atomic E-state index is -0.0815. The molecule has 0 radical (unpaired) electrons. The molecule has 29 heavy (non-hydrogen) atoms. The summed E-state index contributed by atoms with van der Waals surface area (Å²) in [7, 11) is 0. The molecule has 2 aromatic rings. The zero-order chi connectivity index (χ0) is 19.9. The van der Waals surface area contributed by atoms with Crippen molar-refractivity contribution in [3.05, 3.63) is 65.5 Å². The van der Waals surface area contributed by atoms with Crippen molar-refractivity contribution in [2.24, 2.45) is 0 Å². The number of aromatic nitrogens is 1. The Balaban J connectivity index is 1.33. The van der Waals surface area contributed by atoms with Crippen molar-refractivity contribution in [2.45, 2.75) is 50.7 Å². The van der Waals surface area contributed by atoms with E-state index in [9.17, 15) is 4.79 Å². The van der Waals surface area contributed by atoms with Crippen molar-refractivity contribution < 1.29 is 9.53 Å². The molecule has 4 rings (SSSR count). The molecule has 1 amide bonds. The minimum Gasteiger partial charge on any atom is -0.369 e. The number of pyridine rings is 1. The number of amides is 1. The van der Waals surface area contributed by atoms with Crippen LogP contribution < -0.4 is 5.32 Å². The van der Waals surface area contributed by atoms with E-state index in [0.29, 0.717) is 25.7 Å². The first-order chi connectivity index (χ1) is 14.3. The second-order valence-corrected chi connectivity index (χ2v) is 8.21. The number of nitrogens with one attached hydrogen (secondary N) is 1. The first kappa shape index (κ1) is 20.0. The Labute approximate surface area is 173 Å². The predicted molar refractivity (Wildman–Crippen MR) is 114 cm³/mol. The van der Waals surface area contributed by atoms with E-state index in [1.807, 2.05) is 12.1 Å². The molecule has 0 unspecified atom stereocenters. The standard InChI is InChI=1S/C24H31N3O2/c28-24(26-20-10-5-2-6-11-20)18-27-14-15-29-23(17-27)22-13-7-12-21(25-22)16-19-8-3-1-4-9-19/h1,3-4,7-9,12-13,20,23H,2,5-6,10-11,14-18H2,(H,26,28)/t23-/m1/s1. The number of ether oxygens (including phenoxy) is 1. The maximum Gasteiger partial charge on any atom is 0.234 e. The third-order valence-corrected chi connectivity index (χ3v) is 5.87. The molecule has 2 aliphatic rings. The molecule has 2 fully saturated rings. The van der Waals surface area contributed by atoms with Gasteiger partial charge in [0.1, 0.15) is 6.10 Å². The lowest BCUT2D eigenvalue weighted by molar-refractivity contribution is -0.125. The second kappa shape index (κ2) is 9.99. The van der Waals surface area contributed by atoms with Gasteiger partial charge in [-0.1, -0.05) is 55.7 Å². The van der Waals surface area contributed by atoms with Crippen LogP contribution in [0.5, 0.6) is 0 Å². The van der Waals surface area contributed by atoms with Gasteiger partial charge < -0.3 is 10.1 Å². The van der Waals surface area contributed by atoms with Gasteiger partial charge in [-0.15, -0.1) is 0 Å². The Morgan fingerprint density at radius 2 is 1.90 bits per heavy atom. The first-order valence-electron chi connectivity index (χ1n) is 10.9. The van der Waals surface area contributed by atoms with Crippen molar-refractivity contribution in [3.8, 4) is 0 Å². The van der Waals surface area contributed by atoms with Crippen LogP contribution in [0.3, 0.4) is 0 Å². The monoisotopic (exact) mass is 393 g/mol. The van der Waals surface area contributed by atoms with Crippen LogP contribution in [0.25, 0.3) is 0 Å². The van der Waals surface area contributed by atoms with E-state index in [1.54, 1.807) is 0 Å². The maximum absolute atomic E-state index is 12.5. The molecule has 1 saturated heterocycles. The van der Waals surface area contributed by atoms with E-state index in [1.165, 1.54) is 24.8 Å². The van der Waals surface area contributed by atoms with E-state index in [2.05, 4.69) is 46.6 Å². The van der Waals surface area contributed by atoms with Gasteiger partial charge in [-0.2, -0.15) is 0 Å². The van der Waals surface area contributed by atoms with Crippen LogP contribution >= 0.6 is 0 Å². The van der Waals surface area contributed by atoms with E-state index < -0.39 is 0 Å². The van der Waals surface area contributed by atoms with Crippen molar-refractivity contribution in [1.29, 1.82) is 0 Å². The van der Waals surface area contributed by atoms with Gasteiger partial charge in [0.2, 0.25) is 5.91 Å². The highest BCUT2D eigenvalue weighted by atomic mass is 16.5. The summed E-state index contributed by atoms with van der Waals surface area (Å²) >= 11 is 0. The Kier molecular flexibility index (Phi) is 6.91. The lowest BCUT2D eigenvalue weighted by Gasteiger charge is -2.33. The van der Waals surface area contributed by atoms with Gasteiger partial charge in [0.05, 0.1) is 18.8 Å². The summed E-state index contributed by atoms with van der Waals surface area (Å²) in [4.78, 5) is 19.5. The highest BCUT2D eigenvalue weighted by Gasteiger charge is 2.25. The number of rotatable bonds is 6. The fraction of sp³-hybridized carbons (Fsp3) is 0.500. The van der Waals surface area contributed by atoms with Gasteiger partial charge >= 0.3 is 0 Å². The van der Waals surface area contributed by atoms with E-state index in [0.717, 1.165) is 37.2 Å². The third-order valence-electron chi connectivity index (χ3n) is 5.87. The summed E-state index contributed by atoms with van der Waals surface area (Å²) in [5.41, 5.74) is 3.25. The molecule has 1 aromatic heterocycles. The smallest absolute Gasteiger partial charge is 0.234 e. The van der Waals surface area contributed by atoms with Gasteiger partial charge in [-0.05, 0) is 30.5 Å². The quantitative estimate of drug-likeness (QED) is 0.816. The van der Waals surface area contributed by atoms with Gasteiger partial charge in [-0.25, -0.2) is 0 Å². The summed E-state index contributed by atoms with van der Waals surface area (Å²) in [5.74, 6) is 0.142. The predicted octanol–water partition coefficient (Wildman–Crippen LogP) is 3.49. The van der Waals surface area contributed by atoms with Crippen LogP contribution in [0, 0.1) is 0 Å². The Bertz CT molecular complexity index is 790. The summed E-state index contributed by atoms with van der Waals surface area (Å²) in [6.45, 7) is 2.57. The number of carbonyl (C=O) groups is 1. The highest BCUT2D eigenvalue weighted by molar-refractivity contribution is 5.78. The third kappa shape index (κ3) is 5.87. The number of hydrogen-bond donors (Lipinski definition) is 1. The Morgan fingerprint density at radius 3 is 2.72 bits per heavy atom. The van der Waals surface area contributed by atoms with Crippen LogP contribution in [-0.2, 0) is 16.0 Å². The summed E-state index contributed by atoms with van der Waals surface area (Å²) in [5, 5.41) is 3.22. The van der Waals surface area contributed by atoms with Crippen LogP contribution in [0.1, 0.15) is 55.2 Å². The summed E-state index contributed by atoms with van der Waals surface area (Å²) < 4.78 is 6.00. The molecule has 0 spiro atoms. The average molecular weight is 394 g/mol. The zero-order valence-electron chi connectivity index (χ0n) is 17.1. The van der Waals surface area contributed by atoms with Crippen LogP contribution in [0.15, 0.2) is 48.5 Å². The molecule has 1 aliphatic carbocycles. The molecule has 5 nitrogen and oxygen atoms in total. The van der Waals surface area contributed by atoms with Crippen LogP contribution in [0.2, 0.25) is 0 Å². The number of nitrogens with zero attached hydrogens (tertiary/aromatic N) is 2. The maximum atomic E-state index is 12.5. The average Bonchev–Trinajstić information content (AvgIpc) is 2.75. The zero-order valence-corrected chi connectivity index (χ0v) is 17.1. The van der Waals surface area contributed by atoms with Gasteiger partial charge in [0.15, 0.2) is 0 Å². The number of hydrogen-bond acceptors (Lipinski definition) is 4. The first-order valence-corrected chi connectivity index (χ1v) is 10.9. The largest absolute Gasteiger partial charge is 0.369 e. The van der Waals surface area contributed by atoms with Crippen molar-refractivity contribution in [3.63, 3.8) is 0 Å². The van der Waals surface area contributed by atoms with Crippen molar-refractivity contribution in [2.75, 3.05) is 26.2 Å². The number of carbonyl (C=O) groups excluding carboxylic acids is 1. The van der Waals surface area contributed by atoms with Gasteiger partial charge in [0.25, 0.3) is 0 Å². The van der Waals surface area contributed by atoms with Crippen LogP contribution in [0.4, 0.5) is 0 Å². The topological polar surface area (TPSA) is 54.5 Å². The normalized spacial score (nSPS) is 21.0. The SMILES string of the molecule is O=C(CN1CCO[C@@H](c2cccc(Cc3ccccc3)n2)C1)NC1CCCCC1. The van der Waals surface area contributed by atoms with E-state index >= 15 is 0 Å². The molecule has 154 valence electrons. The highest BCUT2D eigenvalue weighted by Crippen LogP contribution is 2.22. The van der Waals surface area contributed by atoms with E-state index in [4.69, 9.17) is 9.72 Å². The molecule has 0 bridgehead atoms. The Morgan fingerprint density at radius 1 is 1.07 bits per heavy atom. The minimum absolute atomic E-state index is 0.0815. The molecule has 1 N–H and O–H groups in total. The fourth-order valence-corrected chi connectivity index (χ4v) is 4.33. The molecule has 1 aliphatic heterocycles. The molecular formula is C24H31N3O2. The fourth-order valence-electron chi connectivity index (χ4n) is 4.33. The lowest BCUT2D eigenvalue weighted by atomic mass is 9.95. The van der Waals surface area contributed by atoms with Crippen LogP contribution in [-0.4, -0.2) is 48.1 Å². The summed E-state index contributed by atoms with van der Waals surface area (Å²) in [6, 6.07) is 16.9. The lowest BCUT2D eigenvalue weighted by Crippen LogP contribution is -2.47. The van der Waals surface area contributed by atoms with Gasteiger partial charge in [0, 0.05) is 31.2 Å². The molecule has 1 saturated carbocycles. The van der Waals surface area contributed by atoms with Crippen molar-refractivity contribution in [1.82, 2.24) is 15.2 Å². The molecule has 5 heteroatoms. The second-order valence-electron chi connectivity index (χ2n) is 8.21. The van der Waals surface area contributed by atoms with Gasteiger partial charge in [-0.3, -0.25) is 14.7 Å². The number of benzene rings is 1. The van der Waals surface area contributed by atoms with E-state index in [-0.39, 0.29) is 12.0 Å². The molecule has 1 aromatic carbocycles. The van der Waals surface area contributed by atoms with Crippen molar-refractivity contribution >= 4 is 5.91 Å². The summed E-state index contributed by atoms with van der Waals surface area (Å²) in [6.07, 6.45) is 6.74. The number of morpholine rings is 1.